The van der Waals surface area contributed by atoms with E-state index in [0.717, 1.165) is 44.8 Å². The number of hydrogen-bond acceptors (Lipinski definition) is 5. The zero-order chi connectivity index (χ0) is 15.2. The molecule has 0 aromatic rings. The Labute approximate surface area is 129 Å². The Bertz CT molecular complexity index is 319. The molecule has 5 nitrogen and oxygen atoms in total. The molecule has 0 aliphatic carbocycles. The molecule has 0 radical (unpaired) electrons. The Morgan fingerprint density at radius 1 is 0.952 bits per heavy atom. The maximum absolute atomic E-state index is 11.2. The molecule has 21 heavy (non-hydrogen) atoms. The third-order valence-corrected chi connectivity index (χ3v) is 5.13. The molecule has 0 amide bonds. The molecule has 2 atom stereocenters. The average Bonchev–Trinajstić information content (AvgIpc) is 2.82. The van der Waals surface area contributed by atoms with E-state index in [0.29, 0.717) is 6.42 Å². The molecule has 2 fully saturated rings. The minimum atomic E-state index is -0.102. The second-order valence-corrected chi connectivity index (χ2v) is 6.52. The molecule has 5 heteroatoms. The molecule has 0 aromatic heterocycles. The highest BCUT2D eigenvalue weighted by atomic mass is 16.5. The Balaban J connectivity index is 1.62. The summed E-state index contributed by atoms with van der Waals surface area (Å²) in [6.45, 7) is 12.3. The van der Waals surface area contributed by atoms with Gasteiger partial charge in [0.1, 0.15) is 0 Å². The number of nitrogens with zero attached hydrogens (tertiary/aromatic N) is 3. The fourth-order valence-electron chi connectivity index (χ4n) is 3.53. The molecule has 2 saturated heterocycles. The summed E-state index contributed by atoms with van der Waals surface area (Å²) >= 11 is 0. The standard InChI is InChI=1S/C16H31N3O2/c1-14-4-5-15(2)19(14)13-12-18-10-8-17(9-11-18)7-6-16(20)21-3/h14-15H,4-13H2,1-3H3/t14-,15+. The fourth-order valence-corrected chi connectivity index (χ4v) is 3.53. The molecule has 2 aliphatic rings. The number of likely N-dealkylation sites (tertiary alicyclic amines) is 1. The zero-order valence-electron chi connectivity index (χ0n) is 13.9. The highest BCUT2D eigenvalue weighted by molar-refractivity contribution is 5.69. The summed E-state index contributed by atoms with van der Waals surface area (Å²) in [5, 5.41) is 0. The summed E-state index contributed by atoms with van der Waals surface area (Å²) < 4.78 is 4.70. The minimum Gasteiger partial charge on any atom is -0.469 e. The van der Waals surface area contributed by atoms with Crippen molar-refractivity contribution in [2.45, 2.75) is 45.2 Å². The van der Waals surface area contributed by atoms with Crippen LogP contribution in [0.5, 0.6) is 0 Å². The van der Waals surface area contributed by atoms with Gasteiger partial charge in [-0.3, -0.25) is 14.6 Å². The molecule has 0 aromatic carbocycles. The van der Waals surface area contributed by atoms with Gasteiger partial charge in [-0.05, 0) is 26.7 Å². The van der Waals surface area contributed by atoms with Crippen LogP contribution in [0.4, 0.5) is 0 Å². The normalized spacial score (nSPS) is 28.9. The number of carbonyl (C=O) groups is 1. The van der Waals surface area contributed by atoms with E-state index < -0.39 is 0 Å². The van der Waals surface area contributed by atoms with E-state index in [4.69, 9.17) is 4.74 Å². The first-order valence-corrected chi connectivity index (χ1v) is 8.37. The first-order chi connectivity index (χ1) is 10.1. The van der Waals surface area contributed by atoms with Gasteiger partial charge in [-0.2, -0.15) is 0 Å². The predicted molar refractivity (Wildman–Crippen MR) is 84.4 cm³/mol. The summed E-state index contributed by atoms with van der Waals surface area (Å²) in [5.41, 5.74) is 0. The van der Waals surface area contributed by atoms with Crippen molar-refractivity contribution in [3.63, 3.8) is 0 Å². The maximum atomic E-state index is 11.2. The SMILES string of the molecule is COC(=O)CCN1CCN(CCN2[C@H](C)CC[C@@H]2C)CC1. The summed E-state index contributed by atoms with van der Waals surface area (Å²) in [5.74, 6) is -0.102. The quantitative estimate of drug-likeness (QED) is 0.685. The number of carbonyl (C=O) groups excluding carboxylic acids is 1. The monoisotopic (exact) mass is 297 g/mol. The van der Waals surface area contributed by atoms with E-state index >= 15 is 0 Å². The molecule has 122 valence electrons. The molecule has 0 saturated carbocycles. The maximum Gasteiger partial charge on any atom is 0.306 e. The van der Waals surface area contributed by atoms with Crippen LogP contribution in [0, 0.1) is 0 Å². The third-order valence-electron chi connectivity index (χ3n) is 5.13. The number of rotatable bonds is 6. The first-order valence-electron chi connectivity index (χ1n) is 8.37. The number of ether oxygens (including phenoxy) is 1. The number of methoxy groups -OCH3 is 1. The van der Waals surface area contributed by atoms with Crippen LogP contribution in [0.15, 0.2) is 0 Å². The summed E-state index contributed by atoms with van der Waals surface area (Å²) in [6.07, 6.45) is 3.21. The average molecular weight is 297 g/mol. The topological polar surface area (TPSA) is 36.0 Å². The number of piperazine rings is 1. The van der Waals surface area contributed by atoms with Gasteiger partial charge in [-0.25, -0.2) is 0 Å². The van der Waals surface area contributed by atoms with Gasteiger partial charge >= 0.3 is 5.97 Å². The lowest BCUT2D eigenvalue weighted by Gasteiger charge is -2.36. The Morgan fingerprint density at radius 3 is 2.00 bits per heavy atom. The lowest BCUT2D eigenvalue weighted by atomic mass is 10.2. The molecule has 2 heterocycles. The number of esters is 1. The van der Waals surface area contributed by atoms with Gasteiger partial charge in [0.05, 0.1) is 13.5 Å². The van der Waals surface area contributed by atoms with Crippen LogP contribution in [0.25, 0.3) is 0 Å². The van der Waals surface area contributed by atoms with Gasteiger partial charge in [0.15, 0.2) is 0 Å². The Morgan fingerprint density at radius 2 is 1.48 bits per heavy atom. The van der Waals surface area contributed by atoms with Gasteiger partial charge in [0, 0.05) is 57.9 Å². The first kappa shape index (κ1) is 16.7. The molecular weight excluding hydrogens is 266 g/mol. The molecular formula is C16H31N3O2. The summed E-state index contributed by atoms with van der Waals surface area (Å²) in [4.78, 5) is 18.8. The Hall–Kier alpha value is -0.650. The second kappa shape index (κ2) is 8.11. The highest BCUT2D eigenvalue weighted by Gasteiger charge is 2.27. The number of hydrogen-bond donors (Lipinski definition) is 0. The van der Waals surface area contributed by atoms with Gasteiger partial charge in [-0.15, -0.1) is 0 Å². The lowest BCUT2D eigenvalue weighted by molar-refractivity contribution is -0.141. The molecule has 0 spiro atoms. The second-order valence-electron chi connectivity index (χ2n) is 6.52. The molecule has 2 rings (SSSR count). The predicted octanol–water partition coefficient (Wildman–Crippen LogP) is 1.04. The van der Waals surface area contributed by atoms with Crippen molar-refractivity contribution < 1.29 is 9.53 Å². The molecule has 2 aliphatic heterocycles. The van der Waals surface area contributed by atoms with Crippen LogP contribution in [-0.4, -0.2) is 85.7 Å². The fraction of sp³-hybridized carbons (Fsp3) is 0.938. The van der Waals surface area contributed by atoms with Crippen LogP contribution in [0.3, 0.4) is 0 Å². The van der Waals surface area contributed by atoms with Crippen molar-refractivity contribution in [2.24, 2.45) is 0 Å². The molecule has 0 bridgehead atoms. The van der Waals surface area contributed by atoms with Gasteiger partial charge < -0.3 is 9.64 Å². The van der Waals surface area contributed by atoms with Gasteiger partial charge in [-0.1, -0.05) is 0 Å². The van der Waals surface area contributed by atoms with E-state index in [1.807, 2.05) is 0 Å². The minimum absolute atomic E-state index is 0.102. The van der Waals surface area contributed by atoms with Crippen LogP contribution in [0.1, 0.15) is 33.1 Å². The zero-order valence-corrected chi connectivity index (χ0v) is 13.9. The van der Waals surface area contributed by atoms with E-state index in [2.05, 4.69) is 28.5 Å². The van der Waals surface area contributed by atoms with Gasteiger partial charge in [0.2, 0.25) is 0 Å². The van der Waals surface area contributed by atoms with Crippen LogP contribution in [-0.2, 0) is 9.53 Å². The Kier molecular flexibility index (Phi) is 6.45. The van der Waals surface area contributed by atoms with Gasteiger partial charge in [0.25, 0.3) is 0 Å². The lowest BCUT2D eigenvalue weighted by Crippen LogP contribution is -2.49. The van der Waals surface area contributed by atoms with E-state index in [1.54, 1.807) is 0 Å². The van der Waals surface area contributed by atoms with Crippen molar-refractivity contribution in [3.8, 4) is 0 Å². The van der Waals surface area contributed by atoms with Crippen molar-refractivity contribution in [3.05, 3.63) is 0 Å². The van der Waals surface area contributed by atoms with E-state index in [9.17, 15) is 4.79 Å². The summed E-state index contributed by atoms with van der Waals surface area (Å²) in [7, 11) is 1.46. The van der Waals surface area contributed by atoms with Crippen molar-refractivity contribution >= 4 is 5.97 Å². The van der Waals surface area contributed by atoms with Crippen LogP contribution < -0.4 is 0 Å². The van der Waals surface area contributed by atoms with E-state index in [1.165, 1.54) is 33.0 Å². The largest absolute Gasteiger partial charge is 0.469 e. The van der Waals surface area contributed by atoms with Crippen LogP contribution in [0.2, 0.25) is 0 Å². The molecule has 0 unspecified atom stereocenters. The van der Waals surface area contributed by atoms with Crippen LogP contribution >= 0.6 is 0 Å². The van der Waals surface area contributed by atoms with Crippen molar-refractivity contribution in [2.75, 3.05) is 52.9 Å². The smallest absolute Gasteiger partial charge is 0.306 e. The van der Waals surface area contributed by atoms with E-state index in [-0.39, 0.29) is 5.97 Å². The van der Waals surface area contributed by atoms with Crippen molar-refractivity contribution in [1.82, 2.24) is 14.7 Å². The summed E-state index contributed by atoms with van der Waals surface area (Å²) in [6, 6.07) is 1.50. The van der Waals surface area contributed by atoms with Crippen molar-refractivity contribution in [1.29, 1.82) is 0 Å². The molecule has 0 N–H and O–H groups in total. The third kappa shape index (κ3) is 4.94. The highest BCUT2D eigenvalue weighted by Crippen LogP contribution is 2.22.